The van der Waals surface area contributed by atoms with Crippen LogP contribution in [0.3, 0.4) is 0 Å². The zero-order chi connectivity index (χ0) is 12.2. The quantitative estimate of drug-likeness (QED) is 0.170. The molecule has 0 heterocycles. The number of nitrogens with two attached hydrogens (primary N) is 1. The third-order valence-corrected chi connectivity index (χ3v) is 3.44. The van der Waals surface area contributed by atoms with Crippen LogP contribution < -0.4 is 11.1 Å². The lowest BCUT2D eigenvalue weighted by molar-refractivity contribution is 0.229. The van der Waals surface area contributed by atoms with E-state index in [1.807, 2.05) is 13.8 Å². The summed E-state index contributed by atoms with van der Waals surface area (Å²) in [5, 5.41) is 24.1. The fraction of sp³-hybridized carbons (Fsp3) is 0.909. The molecule has 0 radical (unpaired) electrons. The van der Waals surface area contributed by atoms with Gasteiger partial charge in [0.25, 0.3) is 0 Å². The van der Waals surface area contributed by atoms with Crippen LogP contribution in [0.1, 0.15) is 39.5 Å². The number of nitrogens with zero attached hydrogens (tertiary/aromatic N) is 1. The largest absolute Gasteiger partial charge is 0.409 e. The monoisotopic (exact) mass is 229 g/mol. The summed E-state index contributed by atoms with van der Waals surface area (Å²) in [6, 6.07) is 0. The second-order valence-electron chi connectivity index (χ2n) is 5.34. The minimum atomic E-state index is -0.271. The first-order chi connectivity index (χ1) is 7.46. The summed E-state index contributed by atoms with van der Waals surface area (Å²) >= 11 is 0. The van der Waals surface area contributed by atoms with E-state index in [-0.39, 0.29) is 23.4 Å². The first kappa shape index (κ1) is 13.3. The molecular formula is C11H23N3O2. The molecule has 1 fully saturated rings. The molecule has 5 N–H and O–H groups in total. The Morgan fingerprint density at radius 1 is 1.50 bits per heavy atom. The Bertz CT molecular complexity index is 260. The highest BCUT2D eigenvalue weighted by molar-refractivity contribution is 5.85. The zero-order valence-electron chi connectivity index (χ0n) is 10.2. The van der Waals surface area contributed by atoms with Gasteiger partial charge in [0.05, 0.1) is 6.61 Å². The molecule has 0 aliphatic heterocycles. The minimum Gasteiger partial charge on any atom is -0.409 e. The normalized spacial score (nSPS) is 19.8. The van der Waals surface area contributed by atoms with Crippen molar-refractivity contribution in [1.29, 1.82) is 0 Å². The maximum Gasteiger partial charge on any atom is 0.144 e. The van der Waals surface area contributed by atoms with E-state index in [0.717, 1.165) is 32.2 Å². The van der Waals surface area contributed by atoms with Crippen molar-refractivity contribution >= 4 is 5.84 Å². The summed E-state index contributed by atoms with van der Waals surface area (Å²) in [6.07, 6.45) is 3.93. The van der Waals surface area contributed by atoms with E-state index in [4.69, 9.17) is 16.0 Å². The van der Waals surface area contributed by atoms with E-state index in [1.54, 1.807) is 0 Å². The Kier molecular flexibility index (Phi) is 4.15. The van der Waals surface area contributed by atoms with Crippen LogP contribution in [0.5, 0.6) is 0 Å². The predicted molar refractivity (Wildman–Crippen MR) is 63.5 cm³/mol. The molecule has 94 valence electrons. The van der Waals surface area contributed by atoms with Gasteiger partial charge in [0.15, 0.2) is 0 Å². The van der Waals surface area contributed by atoms with Crippen molar-refractivity contribution in [2.24, 2.45) is 16.3 Å². The number of rotatable bonds is 7. The summed E-state index contributed by atoms with van der Waals surface area (Å²) in [6.45, 7) is 5.00. The van der Waals surface area contributed by atoms with Crippen LogP contribution >= 0.6 is 0 Å². The molecule has 0 spiro atoms. The highest BCUT2D eigenvalue weighted by Gasteiger charge is 2.41. The van der Waals surface area contributed by atoms with Gasteiger partial charge in [0.1, 0.15) is 5.84 Å². The van der Waals surface area contributed by atoms with Crippen molar-refractivity contribution in [3.05, 3.63) is 0 Å². The minimum absolute atomic E-state index is 0.000749. The summed E-state index contributed by atoms with van der Waals surface area (Å²) in [5.41, 5.74) is 5.33. The van der Waals surface area contributed by atoms with Crippen molar-refractivity contribution in [1.82, 2.24) is 5.32 Å². The van der Waals surface area contributed by atoms with Gasteiger partial charge in [-0.25, -0.2) is 0 Å². The average molecular weight is 229 g/mol. The number of amidine groups is 1. The van der Waals surface area contributed by atoms with E-state index < -0.39 is 0 Å². The lowest BCUT2D eigenvalue weighted by Gasteiger charge is -2.23. The molecule has 0 aromatic heterocycles. The summed E-state index contributed by atoms with van der Waals surface area (Å²) in [4.78, 5) is 0. The molecule has 5 nitrogen and oxygen atoms in total. The zero-order valence-corrected chi connectivity index (χ0v) is 10.2. The van der Waals surface area contributed by atoms with Crippen molar-refractivity contribution in [3.8, 4) is 0 Å². The van der Waals surface area contributed by atoms with E-state index in [9.17, 15) is 0 Å². The van der Waals surface area contributed by atoms with Crippen molar-refractivity contribution in [2.45, 2.75) is 45.1 Å². The molecule has 16 heavy (non-hydrogen) atoms. The first-order valence-electron chi connectivity index (χ1n) is 5.80. The van der Waals surface area contributed by atoms with E-state index in [2.05, 4.69) is 10.5 Å². The number of aliphatic hydroxyl groups is 1. The number of hydrogen-bond donors (Lipinski definition) is 4. The second-order valence-corrected chi connectivity index (χ2v) is 5.34. The molecule has 1 rings (SSSR count). The SMILES string of the molecule is CC(C)(CCCNC1(CO)CC1)C(N)=NO. The van der Waals surface area contributed by atoms with Gasteiger partial charge in [0.2, 0.25) is 0 Å². The Hall–Kier alpha value is -0.810. The lowest BCUT2D eigenvalue weighted by Crippen LogP contribution is -2.37. The molecule has 0 amide bonds. The van der Waals surface area contributed by atoms with Crippen LogP contribution in [-0.2, 0) is 0 Å². The number of hydrogen-bond acceptors (Lipinski definition) is 4. The smallest absolute Gasteiger partial charge is 0.144 e. The fourth-order valence-corrected chi connectivity index (χ4v) is 1.69. The third-order valence-electron chi connectivity index (χ3n) is 3.44. The van der Waals surface area contributed by atoms with Crippen LogP contribution in [-0.4, -0.2) is 34.8 Å². The fourth-order valence-electron chi connectivity index (χ4n) is 1.69. The van der Waals surface area contributed by atoms with E-state index in [1.165, 1.54) is 0 Å². The molecule has 0 saturated heterocycles. The Morgan fingerprint density at radius 3 is 2.56 bits per heavy atom. The van der Waals surface area contributed by atoms with Gasteiger partial charge in [0, 0.05) is 11.0 Å². The van der Waals surface area contributed by atoms with Crippen LogP contribution in [0.25, 0.3) is 0 Å². The molecule has 1 aliphatic rings. The average Bonchev–Trinajstić information content (AvgIpc) is 3.04. The molecule has 1 aliphatic carbocycles. The van der Waals surface area contributed by atoms with Crippen molar-refractivity contribution < 1.29 is 10.3 Å². The van der Waals surface area contributed by atoms with Crippen LogP contribution in [0.2, 0.25) is 0 Å². The molecule has 1 saturated carbocycles. The predicted octanol–water partition coefficient (Wildman–Crippen LogP) is 0.654. The summed E-state index contributed by atoms with van der Waals surface area (Å²) in [7, 11) is 0. The highest BCUT2D eigenvalue weighted by atomic mass is 16.4. The standard InChI is InChI=1S/C11H23N3O2/c1-10(2,9(12)14-16)4-3-7-13-11(8-15)5-6-11/h13,15-16H,3-8H2,1-2H3,(H2,12,14). The van der Waals surface area contributed by atoms with Gasteiger partial charge in [-0.2, -0.15) is 0 Å². The molecule has 0 aromatic carbocycles. The third kappa shape index (κ3) is 3.35. The first-order valence-corrected chi connectivity index (χ1v) is 5.80. The Morgan fingerprint density at radius 2 is 2.12 bits per heavy atom. The van der Waals surface area contributed by atoms with Gasteiger partial charge in [-0.15, -0.1) is 0 Å². The van der Waals surface area contributed by atoms with Gasteiger partial charge < -0.3 is 21.4 Å². The second kappa shape index (κ2) is 5.01. The van der Waals surface area contributed by atoms with Crippen molar-refractivity contribution in [2.75, 3.05) is 13.2 Å². The van der Waals surface area contributed by atoms with E-state index in [0.29, 0.717) is 0 Å². The highest BCUT2D eigenvalue weighted by Crippen LogP contribution is 2.34. The molecule has 0 bridgehead atoms. The maximum absolute atomic E-state index is 9.11. The van der Waals surface area contributed by atoms with Gasteiger partial charge in [-0.05, 0) is 32.2 Å². The Balaban J connectivity index is 2.20. The van der Waals surface area contributed by atoms with Crippen molar-refractivity contribution in [3.63, 3.8) is 0 Å². The molecule has 0 aromatic rings. The van der Waals surface area contributed by atoms with Gasteiger partial charge in [-0.1, -0.05) is 19.0 Å². The Labute approximate surface area is 96.7 Å². The number of oxime groups is 1. The topological polar surface area (TPSA) is 90.9 Å². The summed E-state index contributed by atoms with van der Waals surface area (Å²) < 4.78 is 0. The molecule has 5 heteroatoms. The molecule has 0 unspecified atom stereocenters. The number of nitrogens with one attached hydrogen (secondary N) is 1. The van der Waals surface area contributed by atoms with Gasteiger partial charge in [-0.3, -0.25) is 0 Å². The lowest BCUT2D eigenvalue weighted by atomic mass is 9.86. The maximum atomic E-state index is 9.11. The van der Waals surface area contributed by atoms with Crippen LogP contribution in [0.4, 0.5) is 0 Å². The molecular weight excluding hydrogens is 206 g/mol. The molecule has 0 atom stereocenters. The summed E-state index contributed by atoms with van der Waals surface area (Å²) in [5.74, 6) is 0.274. The van der Waals surface area contributed by atoms with Crippen LogP contribution in [0, 0.1) is 5.41 Å². The number of aliphatic hydroxyl groups excluding tert-OH is 1. The van der Waals surface area contributed by atoms with E-state index >= 15 is 0 Å². The van der Waals surface area contributed by atoms with Crippen LogP contribution in [0.15, 0.2) is 5.16 Å². The van der Waals surface area contributed by atoms with Gasteiger partial charge >= 0.3 is 0 Å².